The molecule has 0 saturated carbocycles. The number of benzene rings is 1. The second kappa shape index (κ2) is 5.85. The Morgan fingerprint density at radius 1 is 1.45 bits per heavy atom. The molecule has 9 heteroatoms. The third-order valence-electron chi connectivity index (χ3n) is 3.47. The summed E-state index contributed by atoms with van der Waals surface area (Å²) in [5.41, 5.74) is 0.328. The molecule has 1 aliphatic rings. The van der Waals surface area contributed by atoms with Gasteiger partial charge in [-0.2, -0.15) is 0 Å². The van der Waals surface area contributed by atoms with Crippen molar-refractivity contribution in [2.45, 2.75) is 18.6 Å². The average molecular weight is 350 g/mol. The van der Waals surface area contributed by atoms with Crippen LogP contribution in [0.15, 0.2) is 12.1 Å². The van der Waals surface area contributed by atoms with Gasteiger partial charge in [0.2, 0.25) is 15.0 Å². The minimum atomic E-state index is -3.88. The molecule has 0 radical (unpaired) electrons. The number of carbonyl (C=O) groups excluding carboxylic acids is 2. The molecule has 0 aromatic heterocycles. The summed E-state index contributed by atoms with van der Waals surface area (Å²) in [5.74, 6) is -2.12. The van der Waals surface area contributed by atoms with Crippen LogP contribution in [-0.4, -0.2) is 39.2 Å². The number of esters is 1. The molecule has 0 aliphatic carbocycles. The first kappa shape index (κ1) is 16.7. The van der Waals surface area contributed by atoms with Gasteiger partial charge in [0.25, 0.3) is 0 Å². The third-order valence-corrected chi connectivity index (χ3v) is 5.34. The lowest BCUT2D eigenvalue weighted by Crippen LogP contribution is -2.28. The van der Waals surface area contributed by atoms with E-state index in [0.717, 1.165) is 13.2 Å². The molecule has 1 heterocycles. The minimum absolute atomic E-state index is 0.141. The highest BCUT2D eigenvalue weighted by molar-refractivity contribution is 8.14. The maximum Gasteiger partial charge on any atom is 0.340 e. The monoisotopic (exact) mass is 349 g/mol. The van der Waals surface area contributed by atoms with Crippen LogP contribution in [0, 0.1) is 12.7 Å². The van der Waals surface area contributed by atoms with Crippen molar-refractivity contribution in [1.82, 2.24) is 0 Å². The van der Waals surface area contributed by atoms with Crippen LogP contribution in [0.2, 0.25) is 0 Å². The van der Waals surface area contributed by atoms with E-state index in [1.54, 1.807) is 6.92 Å². The lowest BCUT2D eigenvalue weighted by atomic mass is 10.1. The van der Waals surface area contributed by atoms with Crippen LogP contribution in [0.1, 0.15) is 22.3 Å². The van der Waals surface area contributed by atoms with Crippen molar-refractivity contribution in [1.29, 1.82) is 0 Å². The standard InChI is InChI=1S/C13H13ClFNO5S/c1-7-3-10(15)9(13(18)21-2)5-11(7)16-6-8(4-12(16)17)22(14,19)20/h3,5,8H,4,6H2,1-2H3. The van der Waals surface area contributed by atoms with Crippen LogP contribution in [0.25, 0.3) is 0 Å². The van der Waals surface area contributed by atoms with E-state index in [-0.39, 0.29) is 24.2 Å². The van der Waals surface area contributed by atoms with Gasteiger partial charge < -0.3 is 9.64 Å². The Hall–Kier alpha value is -1.67. The first-order valence-corrected chi connectivity index (χ1v) is 8.64. The van der Waals surface area contributed by atoms with E-state index in [4.69, 9.17) is 10.7 Å². The molecule has 22 heavy (non-hydrogen) atoms. The zero-order chi connectivity index (χ0) is 16.7. The van der Waals surface area contributed by atoms with Gasteiger partial charge in [-0.3, -0.25) is 4.79 Å². The predicted molar refractivity (Wildman–Crippen MR) is 78.0 cm³/mol. The Morgan fingerprint density at radius 2 is 2.09 bits per heavy atom. The first-order chi connectivity index (χ1) is 10.1. The average Bonchev–Trinajstić information content (AvgIpc) is 2.80. The molecular formula is C13H13ClFNO5S. The van der Waals surface area contributed by atoms with Gasteiger partial charge in [0.15, 0.2) is 0 Å². The molecule has 1 saturated heterocycles. The van der Waals surface area contributed by atoms with Crippen molar-refractivity contribution in [2.75, 3.05) is 18.6 Å². The molecule has 1 fully saturated rings. The highest BCUT2D eigenvalue weighted by atomic mass is 35.7. The van der Waals surface area contributed by atoms with Crippen molar-refractivity contribution < 1.29 is 27.1 Å². The summed E-state index contributed by atoms with van der Waals surface area (Å²) in [6.07, 6.45) is -0.254. The van der Waals surface area contributed by atoms with Crippen LogP contribution < -0.4 is 4.90 Å². The Balaban J connectivity index is 2.45. The van der Waals surface area contributed by atoms with Gasteiger partial charge in [0.1, 0.15) is 11.1 Å². The summed E-state index contributed by atoms with van der Waals surface area (Å²) in [5, 5.41) is -1.03. The number of aryl methyl sites for hydroxylation is 1. The number of hydrogen-bond acceptors (Lipinski definition) is 5. The third kappa shape index (κ3) is 3.07. The van der Waals surface area contributed by atoms with Crippen molar-refractivity contribution >= 4 is 37.3 Å². The number of anilines is 1. The van der Waals surface area contributed by atoms with Crippen molar-refractivity contribution in [3.63, 3.8) is 0 Å². The van der Waals surface area contributed by atoms with Crippen molar-refractivity contribution in [3.05, 3.63) is 29.1 Å². The van der Waals surface area contributed by atoms with E-state index in [2.05, 4.69) is 4.74 Å². The second-order valence-electron chi connectivity index (χ2n) is 4.92. The van der Waals surface area contributed by atoms with Crippen LogP contribution >= 0.6 is 10.7 Å². The van der Waals surface area contributed by atoms with Crippen LogP contribution in [0.3, 0.4) is 0 Å². The Kier molecular flexibility index (Phi) is 4.44. The number of halogens is 2. The van der Waals surface area contributed by atoms with E-state index in [9.17, 15) is 22.4 Å². The van der Waals surface area contributed by atoms with Crippen LogP contribution in [-0.2, 0) is 18.6 Å². The van der Waals surface area contributed by atoms with Gasteiger partial charge in [0, 0.05) is 29.3 Å². The summed E-state index contributed by atoms with van der Waals surface area (Å²) < 4.78 is 41.0. The van der Waals surface area contributed by atoms with Gasteiger partial charge in [-0.05, 0) is 24.6 Å². The van der Waals surface area contributed by atoms with Gasteiger partial charge >= 0.3 is 5.97 Å². The van der Waals surface area contributed by atoms with Crippen LogP contribution in [0.5, 0.6) is 0 Å². The Morgan fingerprint density at radius 3 is 2.59 bits per heavy atom. The fourth-order valence-electron chi connectivity index (χ4n) is 2.31. The summed E-state index contributed by atoms with van der Waals surface area (Å²) in [4.78, 5) is 24.7. The van der Waals surface area contributed by atoms with E-state index in [1.165, 1.54) is 11.0 Å². The largest absolute Gasteiger partial charge is 0.465 e. The maximum atomic E-state index is 13.8. The lowest BCUT2D eigenvalue weighted by molar-refractivity contribution is -0.117. The molecule has 1 amide bonds. The Labute approximate surface area is 131 Å². The normalized spacial score (nSPS) is 18.6. The fraction of sp³-hybridized carbons (Fsp3) is 0.385. The summed E-state index contributed by atoms with van der Waals surface area (Å²) in [6, 6.07) is 2.27. The Bertz CT molecular complexity index is 749. The number of amides is 1. The summed E-state index contributed by atoms with van der Waals surface area (Å²) in [7, 11) is 2.51. The molecule has 1 aromatic rings. The topological polar surface area (TPSA) is 80.8 Å². The molecule has 1 unspecified atom stereocenters. The van der Waals surface area contributed by atoms with Gasteiger partial charge in [-0.25, -0.2) is 17.6 Å². The summed E-state index contributed by atoms with van der Waals surface area (Å²) in [6.45, 7) is 1.41. The van der Waals surface area contributed by atoms with Crippen molar-refractivity contribution in [3.8, 4) is 0 Å². The van der Waals surface area contributed by atoms with Gasteiger partial charge in [-0.15, -0.1) is 0 Å². The van der Waals surface area contributed by atoms with E-state index in [1.807, 2.05) is 0 Å². The number of carbonyl (C=O) groups is 2. The minimum Gasteiger partial charge on any atom is -0.465 e. The molecular weight excluding hydrogens is 337 g/mol. The van der Waals surface area contributed by atoms with E-state index >= 15 is 0 Å². The van der Waals surface area contributed by atoms with Crippen LogP contribution in [0.4, 0.5) is 10.1 Å². The molecule has 0 N–H and O–H groups in total. The number of ether oxygens (including phenoxy) is 1. The number of nitrogens with zero attached hydrogens (tertiary/aromatic N) is 1. The first-order valence-electron chi connectivity index (χ1n) is 6.27. The predicted octanol–water partition coefficient (Wildman–Crippen LogP) is 1.59. The molecule has 2 rings (SSSR count). The number of hydrogen-bond donors (Lipinski definition) is 0. The zero-order valence-electron chi connectivity index (χ0n) is 11.8. The smallest absolute Gasteiger partial charge is 0.340 e. The maximum absolute atomic E-state index is 13.8. The highest BCUT2D eigenvalue weighted by Gasteiger charge is 2.38. The van der Waals surface area contributed by atoms with E-state index in [0.29, 0.717) is 5.56 Å². The number of rotatable bonds is 3. The van der Waals surface area contributed by atoms with Gasteiger partial charge in [0.05, 0.1) is 12.7 Å². The fourth-order valence-corrected chi connectivity index (χ4v) is 3.34. The zero-order valence-corrected chi connectivity index (χ0v) is 13.4. The molecule has 0 spiro atoms. The lowest BCUT2D eigenvalue weighted by Gasteiger charge is -2.19. The van der Waals surface area contributed by atoms with E-state index < -0.39 is 32.0 Å². The highest BCUT2D eigenvalue weighted by Crippen LogP contribution is 2.31. The van der Waals surface area contributed by atoms with Gasteiger partial charge in [-0.1, -0.05) is 0 Å². The molecule has 6 nitrogen and oxygen atoms in total. The molecule has 1 aromatic carbocycles. The molecule has 1 atom stereocenters. The summed E-state index contributed by atoms with van der Waals surface area (Å²) >= 11 is 0. The quantitative estimate of drug-likeness (QED) is 0.611. The second-order valence-corrected chi connectivity index (χ2v) is 7.82. The molecule has 120 valence electrons. The molecule has 0 bridgehead atoms. The SMILES string of the molecule is COC(=O)c1cc(N2CC(S(=O)(=O)Cl)CC2=O)c(C)cc1F. The van der Waals surface area contributed by atoms with Crippen molar-refractivity contribution in [2.24, 2.45) is 0 Å². The number of methoxy groups -OCH3 is 1. The molecule has 1 aliphatic heterocycles.